The van der Waals surface area contributed by atoms with E-state index in [1.165, 1.54) is 6.07 Å². The Hall–Kier alpha value is -1.05. The zero-order chi connectivity index (χ0) is 9.14. The molecule has 66 valence electrons. The van der Waals surface area contributed by atoms with Crippen molar-refractivity contribution in [1.29, 1.82) is 0 Å². The summed E-state index contributed by atoms with van der Waals surface area (Å²) in [6.07, 6.45) is 0. The molecular formula is C10H14FN. The normalized spacial score (nSPS) is 10.4. The van der Waals surface area contributed by atoms with Crippen LogP contribution in [0.4, 0.5) is 10.1 Å². The second-order valence-corrected chi connectivity index (χ2v) is 3.28. The first-order valence-electron chi connectivity index (χ1n) is 4.12. The maximum atomic E-state index is 13.1. The van der Waals surface area contributed by atoms with Crippen molar-refractivity contribution < 1.29 is 4.39 Å². The summed E-state index contributed by atoms with van der Waals surface area (Å²) >= 11 is 0. The lowest BCUT2D eigenvalue weighted by molar-refractivity contribution is 0.627. The molecule has 1 nitrogen and oxygen atoms in total. The van der Waals surface area contributed by atoms with E-state index in [9.17, 15) is 4.39 Å². The molecule has 1 aromatic carbocycles. The molecule has 0 spiro atoms. The lowest BCUT2D eigenvalue weighted by atomic mass is 10.2. The summed E-state index contributed by atoms with van der Waals surface area (Å²) in [4.78, 5) is 0. The Morgan fingerprint density at radius 3 is 2.58 bits per heavy atom. The SMILES string of the molecule is Cc1ccc(F)c(NC(C)C)c1. The summed E-state index contributed by atoms with van der Waals surface area (Å²) in [6.45, 7) is 5.93. The second kappa shape index (κ2) is 3.57. The number of halogens is 1. The minimum absolute atomic E-state index is 0.186. The Morgan fingerprint density at radius 1 is 1.33 bits per heavy atom. The molecule has 0 amide bonds. The highest BCUT2D eigenvalue weighted by Crippen LogP contribution is 2.16. The minimum atomic E-state index is -0.186. The summed E-state index contributed by atoms with van der Waals surface area (Å²) < 4.78 is 13.1. The highest BCUT2D eigenvalue weighted by atomic mass is 19.1. The molecule has 1 aromatic rings. The maximum Gasteiger partial charge on any atom is 0.146 e. The average molecular weight is 167 g/mol. The fourth-order valence-corrected chi connectivity index (χ4v) is 1.06. The third kappa shape index (κ3) is 2.22. The van der Waals surface area contributed by atoms with Crippen LogP contribution in [0.1, 0.15) is 19.4 Å². The van der Waals surface area contributed by atoms with E-state index in [0.717, 1.165) is 5.56 Å². The lowest BCUT2D eigenvalue weighted by Gasteiger charge is -2.11. The number of benzene rings is 1. The van der Waals surface area contributed by atoms with Gasteiger partial charge < -0.3 is 5.32 Å². The van der Waals surface area contributed by atoms with E-state index < -0.39 is 0 Å². The average Bonchev–Trinajstić information content (AvgIpc) is 1.96. The minimum Gasteiger partial charge on any atom is -0.380 e. The Labute approximate surface area is 72.6 Å². The molecule has 0 aliphatic heterocycles. The van der Waals surface area contributed by atoms with E-state index in [4.69, 9.17) is 0 Å². The van der Waals surface area contributed by atoms with Gasteiger partial charge in [0.25, 0.3) is 0 Å². The van der Waals surface area contributed by atoms with Crippen molar-refractivity contribution in [2.45, 2.75) is 26.8 Å². The van der Waals surface area contributed by atoms with Gasteiger partial charge in [0.05, 0.1) is 5.69 Å². The molecular weight excluding hydrogens is 153 g/mol. The molecule has 0 atom stereocenters. The fourth-order valence-electron chi connectivity index (χ4n) is 1.06. The van der Waals surface area contributed by atoms with Gasteiger partial charge in [-0.2, -0.15) is 0 Å². The molecule has 0 heterocycles. The number of anilines is 1. The van der Waals surface area contributed by atoms with Gasteiger partial charge in [0.2, 0.25) is 0 Å². The van der Waals surface area contributed by atoms with Crippen LogP contribution in [0.5, 0.6) is 0 Å². The third-order valence-electron chi connectivity index (χ3n) is 1.57. The van der Waals surface area contributed by atoms with Crippen LogP contribution in [0.3, 0.4) is 0 Å². The molecule has 0 aromatic heterocycles. The van der Waals surface area contributed by atoms with Crippen molar-refractivity contribution in [1.82, 2.24) is 0 Å². The molecule has 0 bridgehead atoms. The van der Waals surface area contributed by atoms with Crippen molar-refractivity contribution in [2.75, 3.05) is 5.32 Å². The van der Waals surface area contributed by atoms with Gasteiger partial charge in [-0.3, -0.25) is 0 Å². The quantitative estimate of drug-likeness (QED) is 0.714. The molecule has 1 rings (SSSR count). The van der Waals surface area contributed by atoms with E-state index in [0.29, 0.717) is 5.69 Å². The summed E-state index contributed by atoms with van der Waals surface area (Å²) in [6, 6.07) is 5.33. The number of aryl methyl sites for hydroxylation is 1. The second-order valence-electron chi connectivity index (χ2n) is 3.28. The number of hydrogen-bond donors (Lipinski definition) is 1. The van der Waals surface area contributed by atoms with Crippen molar-refractivity contribution in [2.24, 2.45) is 0 Å². The van der Waals surface area contributed by atoms with Gasteiger partial charge in [0.15, 0.2) is 0 Å². The van der Waals surface area contributed by atoms with Crippen LogP contribution in [-0.4, -0.2) is 6.04 Å². The Kier molecular flexibility index (Phi) is 2.69. The number of rotatable bonds is 2. The highest BCUT2D eigenvalue weighted by Gasteiger charge is 2.01. The molecule has 0 saturated carbocycles. The Bertz CT molecular complexity index is 269. The van der Waals surface area contributed by atoms with Crippen LogP contribution in [0.25, 0.3) is 0 Å². The molecule has 2 heteroatoms. The van der Waals surface area contributed by atoms with E-state index in [-0.39, 0.29) is 11.9 Å². The van der Waals surface area contributed by atoms with Gasteiger partial charge in [-0.05, 0) is 38.5 Å². The number of hydrogen-bond acceptors (Lipinski definition) is 1. The van der Waals surface area contributed by atoms with Gasteiger partial charge in [0, 0.05) is 6.04 Å². The van der Waals surface area contributed by atoms with E-state index in [1.54, 1.807) is 6.07 Å². The van der Waals surface area contributed by atoms with Crippen LogP contribution < -0.4 is 5.32 Å². The van der Waals surface area contributed by atoms with Crippen LogP contribution >= 0.6 is 0 Å². The van der Waals surface area contributed by atoms with Gasteiger partial charge in [-0.25, -0.2) is 4.39 Å². The van der Waals surface area contributed by atoms with Crippen LogP contribution in [0, 0.1) is 12.7 Å². The predicted octanol–water partition coefficient (Wildman–Crippen LogP) is 2.95. The van der Waals surface area contributed by atoms with Gasteiger partial charge in [-0.1, -0.05) is 6.07 Å². The molecule has 0 radical (unpaired) electrons. The number of nitrogens with one attached hydrogen (secondary N) is 1. The first-order valence-corrected chi connectivity index (χ1v) is 4.12. The summed E-state index contributed by atoms with van der Waals surface area (Å²) in [7, 11) is 0. The Balaban J connectivity index is 2.90. The van der Waals surface area contributed by atoms with Gasteiger partial charge >= 0.3 is 0 Å². The van der Waals surface area contributed by atoms with E-state index in [1.807, 2.05) is 26.8 Å². The summed E-state index contributed by atoms with van der Waals surface area (Å²) in [5.41, 5.74) is 1.66. The van der Waals surface area contributed by atoms with Crippen LogP contribution in [-0.2, 0) is 0 Å². The molecule has 0 saturated heterocycles. The first-order chi connectivity index (χ1) is 5.59. The highest BCUT2D eigenvalue weighted by molar-refractivity contribution is 5.47. The molecule has 0 aliphatic rings. The fraction of sp³-hybridized carbons (Fsp3) is 0.400. The standard InChI is InChI=1S/C10H14FN/c1-7(2)12-10-6-8(3)4-5-9(10)11/h4-7,12H,1-3H3. The topological polar surface area (TPSA) is 12.0 Å². The monoisotopic (exact) mass is 167 g/mol. The lowest BCUT2D eigenvalue weighted by Crippen LogP contribution is -2.10. The predicted molar refractivity (Wildman–Crippen MR) is 49.9 cm³/mol. The smallest absolute Gasteiger partial charge is 0.146 e. The zero-order valence-corrected chi connectivity index (χ0v) is 7.69. The summed E-state index contributed by atoms with van der Waals surface area (Å²) in [5, 5.41) is 3.04. The van der Waals surface area contributed by atoms with Gasteiger partial charge in [-0.15, -0.1) is 0 Å². The van der Waals surface area contributed by atoms with Gasteiger partial charge in [0.1, 0.15) is 5.82 Å². The van der Waals surface area contributed by atoms with Crippen molar-refractivity contribution in [3.05, 3.63) is 29.6 Å². The van der Waals surface area contributed by atoms with Crippen LogP contribution in [0.2, 0.25) is 0 Å². The van der Waals surface area contributed by atoms with Crippen molar-refractivity contribution >= 4 is 5.69 Å². The largest absolute Gasteiger partial charge is 0.380 e. The maximum absolute atomic E-state index is 13.1. The zero-order valence-electron chi connectivity index (χ0n) is 7.69. The molecule has 1 N–H and O–H groups in total. The van der Waals surface area contributed by atoms with Crippen LogP contribution in [0.15, 0.2) is 18.2 Å². The van der Waals surface area contributed by atoms with E-state index in [2.05, 4.69) is 5.32 Å². The van der Waals surface area contributed by atoms with Crippen molar-refractivity contribution in [3.63, 3.8) is 0 Å². The molecule has 0 aliphatic carbocycles. The third-order valence-corrected chi connectivity index (χ3v) is 1.57. The first kappa shape index (κ1) is 9.04. The van der Waals surface area contributed by atoms with E-state index >= 15 is 0 Å². The molecule has 12 heavy (non-hydrogen) atoms. The molecule has 0 fully saturated rings. The molecule has 0 unspecified atom stereocenters. The Morgan fingerprint density at radius 2 is 2.00 bits per heavy atom. The summed E-state index contributed by atoms with van der Waals surface area (Å²) in [5.74, 6) is -0.186. The van der Waals surface area contributed by atoms with Crippen molar-refractivity contribution in [3.8, 4) is 0 Å².